The Labute approximate surface area is 248 Å². The molecule has 3 N–H and O–H groups in total. The molecule has 0 unspecified atom stereocenters. The highest BCUT2D eigenvalue weighted by molar-refractivity contribution is 6.13. The third-order valence-electron chi connectivity index (χ3n) is 7.15. The van der Waals surface area contributed by atoms with Gasteiger partial charge in [-0.3, -0.25) is 14.4 Å². The van der Waals surface area contributed by atoms with E-state index in [9.17, 15) is 14.4 Å². The molecule has 0 fully saturated rings. The molecule has 0 radical (unpaired) electrons. The van der Waals surface area contributed by atoms with Gasteiger partial charge in [0.25, 0.3) is 17.7 Å². The van der Waals surface area contributed by atoms with Crippen molar-refractivity contribution in [3.63, 3.8) is 0 Å². The lowest BCUT2D eigenvalue weighted by Crippen LogP contribution is -2.19. The second kappa shape index (κ2) is 13.3. The van der Waals surface area contributed by atoms with Crippen LogP contribution in [0.5, 0.6) is 0 Å². The molecule has 6 nitrogen and oxygen atoms in total. The first-order chi connectivity index (χ1) is 20.0. The smallest absolute Gasteiger partial charge is 0.255 e. The van der Waals surface area contributed by atoms with E-state index in [0.29, 0.717) is 34.8 Å². The molecule has 42 heavy (non-hydrogen) atoms. The maximum Gasteiger partial charge on any atom is 0.255 e. The largest absolute Gasteiger partial charge is 0.322 e. The Bertz CT molecular complexity index is 1400. The summed E-state index contributed by atoms with van der Waals surface area (Å²) in [6.45, 7) is 12.5. The molecular weight excluding hydrogens is 522 g/mol. The monoisotopic (exact) mass is 561 g/mol. The Kier molecular flexibility index (Phi) is 9.58. The zero-order chi connectivity index (χ0) is 30.4. The van der Waals surface area contributed by atoms with E-state index in [1.165, 1.54) is 18.2 Å². The van der Waals surface area contributed by atoms with Crippen molar-refractivity contribution in [2.24, 2.45) is 0 Å². The molecule has 4 aromatic carbocycles. The molecule has 0 saturated carbocycles. The Balaban J connectivity index is 1.67. The molecule has 3 amide bonds. The van der Waals surface area contributed by atoms with Gasteiger partial charge in [-0.05, 0) is 89.0 Å². The van der Waals surface area contributed by atoms with Gasteiger partial charge in [-0.2, -0.15) is 0 Å². The van der Waals surface area contributed by atoms with Crippen LogP contribution in [0.25, 0.3) is 0 Å². The molecule has 216 valence electrons. The molecule has 0 aromatic heterocycles. The second-order valence-corrected chi connectivity index (χ2v) is 11.5. The first kappa shape index (κ1) is 30.3. The van der Waals surface area contributed by atoms with E-state index in [0.717, 1.165) is 16.7 Å². The van der Waals surface area contributed by atoms with E-state index in [4.69, 9.17) is 0 Å². The number of rotatable bonds is 9. The molecule has 0 spiro atoms. The fourth-order valence-corrected chi connectivity index (χ4v) is 4.56. The van der Waals surface area contributed by atoms with Crippen molar-refractivity contribution in [2.75, 3.05) is 16.0 Å². The van der Waals surface area contributed by atoms with Crippen molar-refractivity contribution < 1.29 is 14.4 Å². The van der Waals surface area contributed by atoms with Gasteiger partial charge in [0.05, 0.1) is 0 Å². The first-order valence-corrected chi connectivity index (χ1v) is 14.4. The predicted octanol–water partition coefficient (Wildman–Crippen LogP) is 8.81. The van der Waals surface area contributed by atoms with E-state index in [-0.39, 0.29) is 16.7 Å². The highest BCUT2D eigenvalue weighted by Crippen LogP contribution is 2.23. The van der Waals surface area contributed by atoms with Gasteiger partial charge in [-0.1, -0.05) is 77.9 Å². The van der Waals surface area contributed by atoms with Crippen molar-refractivity contribution in [3.8, 4) is 0 Å². The molecule has 4 aromatic rings. The summed E-state index contributed by atoms with van der Waals surface area (Å²) < 4.78 is 0. The van der Waals surface area contributed by atoms with Crippen LogP contribution >= 0.6 is 0 Å². The van der Waals surface area contributed by atoms with Crippen LogP contribution in [0.4, 0.5) is 17.1 Å². The highest BCUT2D eigenvalue weighted by Gasteiger charge is 2.18. The summed E-state index contributed by atoms with van der Waals surface area (Å²) in [5.41, 5.74) is 5.81. The lowest BCUT2D eigenvalue weighted by molar-refractivity contribution is 0.102. The third kappa shape index (κ3) is 7.72. The Morgan fingerprint density at radius 3 is 0.929 bits per heavy atom. The minimum atomic E-state index is -0.414. The molecule has 4 rings (SSSR count). The van der Waals surface area contributed by atoms with Gasteiger partial charge < -0.3 is 16.0 Å². The summed E-state index contributed by atoms with van der Waals surface area (Å²) in [6, 6.07) is 27.5. The van der Waals surface area contributed by atoms with Crippen LogP contribution < -0.4 is 16.0 Å². The molecule has 6 heteroatoms. The van der Waals surface area contributed by atoms with E-state index in [2.05, 4.69) is 57.5 Å². The number of nitrogens with one attached hydrogen (secondary N) is 3. The zero-order valence-corrected chi connectivity index (χ0v) is 25.1. The minimum Gasteiger partial charge on any atom is -0.322 e. The van der Waals surface area contributed by atoms with Crippen LogP contribution in [0.1, 0.15) is 107 Å². The molecule has 0 bridgehead atoms. The van der Waals surface area contributed by atoms with Gasteiger partial charge in [-0.15, -0.1) is 0 Å². The quantitative estimate of drug-likeness (QED) is 0.191. The molecule has 0 aliphatic rings. The van der Waals surface area contributed by atoms with Gasteiger partial charge in [0.2, 0.25) is 0 Å². The van der Waals surface area contributed by atoms with Crippen molar-refractivity contribution in [2.45, 2.75) is 59.3 Å². The van der Waals surface area contributed by atoms with E-state index in [1.807, 2.05) is 72.8 Å². The van der Waals surface area contributed by atoms with Crippen LogP contribution in [-0.2, 0) is 0 Å². The summed E-state index contributed by atoms with van der Waals surface area (Å²) in [5.74, 6) is -0.345. The summed E-state index contributed by atoms with van der Waals surface area (Å²) in [6.07, 6.45) is 0. The average molecular weight is 562 g/mol. The molecule has 0 aliphatic heterocycles. The molecule has 0 heterocycles. The van der Waals surface area contributed by atoms with Crippen LogP contribution in [0.3, 0.4) is 0 Å². The van der Waals surface area contributed by atoms with Gasteiger partial charge in [-0.25, -0.2) is 0 Å². The Morgan fingerprint density at radius 1 is 0.429 bits per heavy atom. The molecular formula is C36H39N3O3. The first-order valence-electron chi connectivity index (χ1n) is 14.4. The van der Waals surface area contributed by atoms with Crippen LogP contribution in [-0.4, -0.2) is 17.7 Å². The van der Waals surface area contributed by atoms with Gasteiger partial charge >= 0.3 is 0 Å². The average Bonchev–Trinajstić information content (AvgIpc) is 2.97. The van der Waals surface area contributed by atoms with E-state index >= 15 is 0 Å². The maximum absolute atomic E-state index is 13.4. The topological polar surface area (TPSA) is 87.3 Å². The summed E-state index contributed by atoms with van der Waals surface area (Å²) in [5, 5.41) is 8.77. The number of anilines is 3. The summed E-state index contributed by atoms with van der Waals surface area (Å²) in [4.78, 5) is 40.3. The Hall–Kier alpha value is -4.71. The van der Waals surface area contributed by atoms with Crippen molar-refractivity contribution >= 4 is 34.8 Å². The number of carbonyl (C=O) groups is 3. The fourth-order valence-electron chi connectivity index (χ4n) is 4.56. The standard InChI is InChI=1S/C36H39N3O3/c1-22(2)25-10-7-13-31(19-25)37-34(40)28-16-29(35(41)38-32-14-8-11-26(20-32)23(3)4)18-30(17-28)36(42)39-33-15-9-12-27(21-33)24(5)6/h7-24H,1-6H3,(H,37,40)(H,38,41)(H,39,42). The van der Waals surface area contributed by atoms with Gasteiger partial charge in [0.15, 0.2) is 0 Å². The van der Waals surface area contributed by atoms with E-state index in [1.54, 1.807) is 0 Å². The van der Waals surface area contributed by atoms with E-state index < -0.39 is 17.7 Å². The highest BCUT2D eigenvalue weighted by atomic mass is 16.2. The number of amides is 3. The number of carbonyl (C=O) groups excluding carboxylic acids is 3. The lowest BCUT2D eigenvalue weighted by atomic mass is 10.0. The normalized spacial score (nSPS) is 11.1. The van der Waals surface area contributed by atoms with Crippen LogP contribution in [0.2, 0.25) is 0 Å². The lowest BCUT2D eigenvalue weighted by Gasteiger charge is -2.14. The minimum absolute atomic E-state index is 0.203. The molecule has 0 atom stereocenters. The van der Waals surface area contributed by atoms with Crippen molar-refractivity contribution in [3.05, 3.63) is 124 Å². The maximum atomic E-state index is 13.4. The third-order valence-corrected chi connectivity index (χ3v) is 7.15. The van der Waals surface area contributed by atoms with Crippen LogP contribution in [0, 0.1) is 0 Å². The number of benzene rings is 4. The Morgan fingerprint density at radius 2 is 0.690 bits per heavy atom. The molecule has 0 saturated heterocycles. The van der Waals surface area contributed by atoms with Gasteiger partial charge in [0, 0.05) is 33.8 Å². The van der Waals surface area contributed by atoms with Crippen molar-refractivity contribution in [1.29, 1.82) is 0 Å². The summed E-state index contributed by atoms with van der Waals surface area (Å²) in [7, 11) is 0. The van der Waals surface area contributed by atoms with Crippen LogP contribution in [0.15, 0.2) is 91.0 Å². The zero-order valence-electron chi connectivity index (χ0n) is 25.1. The SMILES string of the molecule is CC(C)c1cccc(NC(=O)c2cc(C(=O)Nc3cccc(C(C)C)c3)cc(C(=O)Nc3cccc(C(C)C)c3)c2)c1. The number of hydrogen-bond acceptors (Lipinski definition) is 3. The second-order valence-electron chi connectivity index (χ2n) is 11.5. The summed E-state index contributed by atoms with van der Waals surface area (Å²) >= 11 is 0. The fraction of sp³-hybridized carbons (Fsp3) is 0.250. The van der Waals surface area contributed by atoms with Crippen molar-refractivity contribution in [1.82, 2.24) is 0 Å². The predicted molar refractivity (Wildman–Crippen MR) is 172 cm³/mol. The number of hydrogen-bond donors (Lipinski definition) is 3. The molecule has 0 aliphatic carbocycles. The van der Waals surface area contributed by atoms with Gasteiger partial charge in [0.1, 0.15) is 0 Å².